The molecule has 5 nitrogen and oxygen atoms in total. The van der Waals surface area contributed by atoms with E-state index in [4.69, 9.17) is 15.2 Å². The Morgan fingerprint density at radius 2 is 1.95 bits per heavy atom. The molecule has 0 bridgehead atoms. The normalized spacial score (nSPS) is 21.8. The minimum absolute atomic E-state index is 0.0801. The maximum absolute atomic E-state index is 12.4. The highest BCUT2D eigenvalue weighted by Gasteiger charge is 2.21. The molecule has 1 aromatic rings. The summed E-state index contributed by atoms with van der Waals surface area (Å²) in [5.41, 5.74) is 6.46. The summed E-state index contributed by atoms with van der Waals surface area (Å²) in [5, 5.41) is 3.08. The van der Waals surface area contributed by atoms with E-state index in [0.29, 0.717) is 24.5 Å². The molecule has 0 radical (unpaired) electrons. The van der Waals surface area contributed by atoms with Gasteiger partial charge in [-0.25, -0.2) is 0 Å². The lowest BCUT2D eigenvalue weighted by Crippen LogP contribution is -2.40. The number of ether oxygens (including phenoxy) is 2. The fraction of sp³-hybridized carbons (Fsp3) is 0.562. The Morgan fingerprint density at radius 3 is 2.67 bits per heavy atom. The van der Waals surface area contributed by atoms with Crippen LogP contribution < -0.4 is 15.8 Å². The minimum Gasteiger partial charge on any atom is -0.490 e. The van der Waals surface area contributed by atoms with Crippen LogP contribution in [0.15, 0.2) is 24.3 Å². The highest BCUT2D eigenvalue weighted by atomic mass is 16.5. The van der Waals surface area contributed by atoms with Crippen molar-refractivity contribution in [2.45, 2.75) is 37.8 Å². The summed E-state index contributed by atoms with van der Waals surface area (Å²) in [4.78, 5) is 12.4. The molecule has 0 atom stereocenters. The first kappa shape index (κ1) is 15.8. The van der Waals surface area contributed by atoms with Crippen LogP contribution in [0, 0.1) is 0 Å². The zero-order valence-corrected chi connectivity index (χ0v) is 12.5. The SMILES string of the molecule is COCCOc1ccccc1C(=O)NC1CCC(N)CC1. The molecule has 0 heterocycles. The van der Waals surface area contributed by atoms with Crippen molar-refractivity contribution in [2.75, 3.05) is 20.3 Å². The first-order chi connectivity index (χ1) is 10.2. The lowest BCUT2D eigenvalue weighted by molar-refractivity contribution is 0.0918. The third-order valence-corrected chi connectivity index (χ3v) is 3.78. The maximum Gasteiger partial charge on any atom is 0.255 e. The van der Waals surface area contributed by atoms with E-state index in [-0.39, 0.29) is 18.0 Å². The number of hydrogen-bond donors (Lipinski definition) is 2. The number of nitrogens with one attached hydrogen (secondary N) is 1. The van der Waals surface area contributed by atoms with Crippen molar-refractivity contribution in [1.82, 2.24) is 5.32 Å². The number of rotatable bonds is 6. The van der Waals surface area contributed by atoms with Gasteiger partial charge in [-0.05, 0) is 37.8 Å². The molecule has 0 saturated heterocycles. The number of carbonyl (C=O) groups excluding carboxylic acids is 1. The van der Waals surface area contributed by atoms with Gasteiger partial charge in [-0.15, -0.1) is 0 Å². The predicted octanol–water partition coefficient (Wildman–Crippen LogP) is 1.71. The van der Waals surface area contributed by atoms with Crippen molar-refractivity contribution in [3.8, 4) is 5.75 Å². The maximum atomic E-state index is 12.4. The van der Waals surface area contributed by atoms with Gasteiger partial charge in [0, 0.05) is 19.2 Å². The number of hydrogen-bond acceptors (Lipinski definition) is 4. The highest BCUT2D eigenvalue weighted by Crippen LogP contribution is 2.21. The Balaban J connectivity index is 1.95. The van der Waals surface area contributed by atoms with Crippen molar-refractivity contribution in [3.05, 3.63) is 29.8 Å². The standard InChI is InChI=1S/C16H24N2O3/c1-20-10-11-21-15-5-3-2-4-14(15)16(19)18-13-8-6-12(17)7-9-13/h2-5,12-13H,6-11,17H2,1H3,(H,18,19). The van der Waals surface area contributed by atoms with Crippen LogP contribution in [-0.2, 0) is 4.74 Å². The number of methoxy groups -OCH3 is 1. The lowest BCUT2D eigenvalue weighted by atomic mass is 9.91. The van der Waals surface area contributed by atoms with E-state index >= 15 is 0 Å². The molecule has 3 N–H and O–H groups in total. The highest BCUT2D eigenvalue weighted by molar-refractivity contribution is 5.97. The summed E-state index contributed by atoms with van der Waals surface area (Å²) in [6.07, 6.45) is 3.83. The largest absolute Gasteiger partial charge is 0.490 e. The summed E-state index contributed by atoms with van der Waals surface area (Å²) in [7, 11) is 1.62. The molecule has 1 amide bonds. The van der Waals surface area contributed by atoms with Crippen LogP contribution in [0.25, 0.3) is 0 Å². The fourth-order valence-corrected chi connectivity index (χ4v) is 2.54. The second-order valence-electron chi connectivity index (χ2n) is 5.42. The van der Waals surface area contributed by atoms with Crippen LogP contribution in [0.2, 0.25) is 0 Å². The molecule has 1 fully saturated rings. The first-order valence-corrected chi connectivity index (χ1v) is 7.48. The molecule has 21 heavy (non-hydrogen) atoms. The van der Waals surface area contributed by atoms with Gasteiger partial charge < -0.3 is 20.5 Å². The molecule has 116 valence electrons. The minimum atomic E-state index is -0.0801. The molecule has 1 aliphatic rings. The van der Waals surface area contributed by atoms with E-state index in [0.717, 1.165) is 25.7 Å². The van der Waals surface area contributed by atoms with Gasteiger partial charge in [0.1, 0.15) is 12.4 Å². The topological polar surface area (TPSA) is 73.6 Å². The Bertz CT molecular complexity index is 457. The quantitative estimate of drug-likeness (QED) is 0.783. The van der Waals surface area contributed by atoms with Crippen molar-refractivity contribution < 1.29 is 14.3 Å². The fourth-order valence-electron chi connectivity index (χ4n) is 2.54. The van der Waals surface area contributed by atoms with Crippen molar-refractivity contribution in [2.24, 2.45) is 5.73 Å². The first-order valence-electron chi connectivity index (χ1n) is 7.48. The number of carbonyl (C=O) groups is 1. The van der Waals surface area contributed by atoms with Crippen LogP contribution in [-0.4, -0.2) is 38.3 Å². The van der Waals surface area contributed by atoms with Gasteiger partial charge in [0.15, 0.2) is 0 Å². The molecule has 0 aliphatic heterocycles. The molecule has 1 aromatic carbocycles. The van der Waals surface area contributed by atoms with Gasteiger partial charge >= 0.3 is 0 Å². The van der Waals surface area contributed by atoms with Gasteiger partial charge in [-0.3, -0.25) is 4.79 Å². The summed E-state index contributed by atoms with van der Waals surface area (Å²) >= 11 is 0. The van der Waals surface area contributed by atoms with E-state index < -0.39 is 0 Å². The average Bonchev–Trinajstić information content (AvgIpc) is 2.50. The number of benzene rings is 1. The second kappa shape index (κ2) is 8.00. The van der Waals surface area contributed by atoms with E-state index in [2.05, 4.69) is 5.32 Å². The van der Waals surface area contributed by atoms with Crippen LogP contribution in [0.5, 0.6) is 5.75 Å². The monoisotopic (exact) mass is 292 g/mol. The predicted molar refractivity (Wildman–Crippen MR) is 81.5 cm³/mol. The van der Waals surface area contributed by atoms with Crippen LogP contribution >= 0.6 is 0 Å². The molecule has 0 unspecified atom stereocenters. The summed E-state index contributed by atoms with van der Waals surface area (Å²) in [6, 6.07) is 7.79. The van der Waals surface area contributed by atoms with Crippen LogP contribution in [0.3, 0.4) is 0 Å². The molecule has 0 spiro atoms. The zero-order valence-electron chi connectivity index (χ0n) is 12.5. The molecule has 1 saturated carbocycles. The Labute approximate surface area is 125 Å². The molecular weight excluding hydrogens is 268 g/mol. The lowest BCUT2D eigenvalue weighted by Gasteiger charge is -2.27. The van der Waals surface area contributed by atoms with Crippen LogP contribution in [0.1, 0.15) is 36.0 Å². The molecule has 2 rings (SSSR count). The number of amides is 1. The second-order valence-corrected chi connectivity index (χ2v) is 5.42. The third-order valence-electron chi connectivity index (χ3n) is 3.78. The van der Waals surface area contributed by atoms with Gasteiger partial charge in [0.25, 0.3) is 5.91 Å². The van der Waals surface area contributed by atoms with E-state index in [1.54, 1.807) is 19.2 Å². The van der Waals surface area contributed by atoms with Gasteiger partial charge in [-0.1, -0.05) is 12.1 Å². The molecule has 0 aromatic heterocycles. The Kier molecular flexibility index (Phi) is 6.02. The molecule has 1 aliphatic carbocycles. The Morgan fingerprint density at radius 1 is 1.24 bits per heavy atom. The van der Waals surface area contributed by atoms with E-state index in [9.17, 15) is 4.79 Å². The smallest absolute Gasteiger partial charge is 0.255 e. The van der Waals surface area contributed by atoms with E-state index in [1.165, 1.54) is 0 Å². The van der Waals surface area contributed by atoms with Gasteiger partial charge in [-0.2, -0.15) is 0 Å². The number of para-hydroxylation sites is 1. The summed E-state index contributed by atoms with van der Waals surface area (Å²) in [5.74, 6) is 0.517. The van der Waals surface area contributed by atoms with Crippen molar-refractivity contribution in [3.63, 3.8) is 0 Å². The van der Waals surface area contributed by atoms with Gasteiger partial charge in [0.2, 0.25) is 0 Å². The third kappa shape index (κ3) is 4.72. The average molecular weight is 292 g/mol. The van der Waals surface area contributed by atoms with Crippen LogP contribution in [0.4, 0.5) is 0 Å². The zero-order chi connectivity index (χ0) is 15.1. The molecule has 5 heteroatoms. The number of nitrogens with two attached hydrogens (primary N) is 1. The molecular formula is C16H24N2O3. The van der Waals surface area contributed by atoms with Gasteiger partial charge in [0.05, 0.1) is 12.2 Å². The van der Waals surface area contributed by atoms with E-state index in [1.807, 2.05) is 12.1 Å². The summed E-state index contributed by atoms with van der Waals surface area (Å²) in [6.45, 7) is 0.926. The Hall–Kier alpha value is -1.59. The van der Waals surface area contributed by atoms with Crippen molar-refractivity contribution in [1.29, 1.82) is 0 Å². The van der Waals surface area contributed by atoms with Crippen molar-refractivity contribution >= 4 is 5.91 Å². The summed E-state index contributed by atoms with van der Waals surface area (Å²) < 4.78 is 10.6.